The Labute approximate surface area is 171 Å². The van der Waals surface area contributed by atoms with Crippen LogP contribution in [0, 0.1) is 18.7 Å². The summed E-state index contributed by atoms with van der Waals surface area (Å²) < 4.78 is 13.8. The zero-order chi connectivity index (χ0) is 20.8. The van der Waals surface area contributed by atoms with Crippen LogP contribution in [0.5, 0.6) is 0 Å². The third-order valence-corrected chi connectivity index (χ3v) is 5.36. The van der Waals surface area contributed by atoms with Crippen LogP contribution in [-0.2, 0) is 11.3 Å². The average molecular weight is 397 g/mol. The Kier molecular flexibility index (Phi) is 6.86. The molecule has 0 radical (unpaired) electrons. The summed E-state index contributed by atoms with van der Waals surface area (Å²) in [6.07, 6.45) is 0.655. The molecule has 2 aromatic rings. The van der Waals surface area contributed by atoms with E-state index >= 15 is 0 Å². The third-order valence-electron chi connectivity index (χ3n) is 5.36. The van der Waals surface area contributed by atoms with Crippen LogP contribution in [-0.4, -0.2) is 36.5 Å². The van der Waals surface area contributed by atoms with Crippen molar-refractivity contribution < 1.29 is 14.0 Å². The lowest BCUT2D eigenvalue weighted by molar-refractivity contribution is -0.126. The summed E-state index contributed by atoms with van der Waals surface area (Å²) in [6.45, 7) is 5.52. The van der Waals surface area contributed by atoms with Gasteiger partial charge < -0.3 is 15.5 Å². The van der Waals surface area contributed by atoms with E-state index in [9.17, 15) is 14.0 Å². The molecule has 0 saturated carbocycles. The average Bonchev–Trinajstić information content (AvgIpc) is 2.73. The summed E-state index contributed by atoms with van der Waals surface area (Å²) in [5.41, 5.74) is 2.73. The van der Waals surface area contributed by atoms with Gasteiger partial charge >= 0.3 is 6.03 Å². The number of amides is 3. The molecule has 2 N–H and O–H groups in total. The van der Waals surface area contributed by atoms with E-state index in [0.29, 0.717) is 31.6 Å². The fourth-order valence-electron chi connectivity index (χ4n) is 3.85. The van der Waals surface area contributed by atoms with E-state index < -0.39 is 0 Å². The number of hydrogen-bond donors (Lipinski definition) is 2. The maximum atomic E-state index is 13.8. The number of urea groups is 1. The number of benzene rings is 2. The van der Waals surface area contributed by atoms with Gasteiger partial charge in [0, 0.05) is 37.7 Å². The molecule has 2 atom stereocenters. The second-order valence-electron chi connectivity index (χ2n) is 7.59. The smallest absolute Gasteiger partial charge is 0.317 e. The monoisotopic (exact) mass is 397 g/mol. The predicted molar refractivity (Wildman–Crippen MR) is 111 cm³/mol. The maximum absolute atomic E-state index is 13.8. The van der Waals surface area contributed by atoms with Crippen LogP contribution in [0.25, 0.3) is 0 Å². The predicted octanol–water partition coefficient (Wildman–Crippen LogP) is 3.59. The topological polar surface area (TPSA) is 61.4 Å². The minimum Gasteiger partial charge on any atom is -0.352 e. The molecule has 0 bridgehead atoms. The molecule has 1 saturated heterocycles. The highest BCUT2D eigenvalue weighted by Crippen LogP contribution is 2.31. The zero-order valence-corrected chi connectivity index (χ0v) is 17.0. The number of hydrogen-bond acceptors (Lipinski definition) is 2. The van der Waals surface area contributed by atoms with E-state index in [-0.39, 0.29) is 36.1 Å². The number of halogens is 1. The lowest BCUT2D eigenvalue weighted by atomic mass is 9.83. The molecule has 1 heterocycles. The van der Waals surface area contributed by atoms with Gasteiger partial charge in [0.15, 0.2) is 0 Å². The number of aryl methyl sites for hydroxylation is 1. The first kappa shape index (κ1) is 20.8. The number of carbonyl (C=O) groups is 2. The van der Waals surface area contributed by atoms with E-state index in [4.69, 9.17) is 0 Å². The standard InChI is InChI=1S/C23H28FN3O2/c1-3-25-23(29)27-14-19(17-9-6-7-16(2)11-17)12-20(15-27)22(28)26-13-18-8-4-5-10-21(18)24/h4-11,19-20H,3,12-15H2,1-2H3,(H,25,29)(H,26,28)/t19-,20+/m1/s1. The molecule has 3 amide bonds. The molecule has 1 fully saturated rings. The van der Waals surface area contributed by atoms with Crippen molar-refractivity contribution >= 4 is 11.9 Å². The van der Waals surface area contributed by atoms with Crippen LogP contribution in [0.1, 0.15) is 36.0 Å². The van der Waals surface area contributed by atoms with Gasteiger partial charge in [-0.3, -0.25) is 4.79 Å². The molecule has 0 spiro atoms. The molecule has 6 heteroatoms. The van der Waals surface area contributed by atoms with Gasteiger partial charge in [0.05, 0.1) is 5.92 Å². The van der Waals surface area contributed by atoms with Gasteiger partial charge in [-0.1, -0.05) is 48.0 Å². The lowest BCUT2D eigenvalue weighted by Gasteiger charge is -2.37. The number of piperidine rings is 1. The summed E-state index contributed by atoms with van der Waals surface area (Å²) in [6, 6.07) is 14.5. The van der Waals surface area contributed by atoms with Crippen molar-refractivity contribution in [3.63, 3.8) is 0 Å². The van der Waals surface area contributed by atoms with Gasteiger partial charge in [0.2, 0.25) is 5.91 Å². The molecular weight excluding hydrogens is 369 g/mol. The van der Waals surface area contributed by atoms with E-state index in [1.165, 1.54) is 6.07 Å². The van der Waals surface area contributed by atoms with Crippen molar-refractivity contribution in [2.75, 3.05) is 19.6 Å². The number of likely N-dealkylation sites (tertiary alicyclic amines) is 1. The Bertz CT molecular complexity index is 871. The molecule has 0 unspecified atom stereocenters. The summed E-state index contributed by atoms with van der Waals surface area (Å²) in [4.78, 5) is 27.0. The minimum absolute atomic E-state index is 0.0791. The van der Waals surface area contributed by atoms with Crippen molar-refractivity contribution in [2.24, 2.45) is 5.92 Å². The van der Waals surface area contributed by atoms with Gasteiger partial charge in [-0.25, -0.2) is 9.18 Å². The highest BCUT2D eigenvalue weighted by molar-refractivity contribution is 5.81. The number of rotatable bonds is 5. The van der Waals surface area contributed by atoms with E-state index in [0.717, 1.165) is 11.1 Å². The first-order chi connectivity index (χ1) is 14.0. The second-order valence-corrected chi connectivity index (χ2v) is 7.59. The van der Waals surface area contributed by atoms with E-state index in [1.54, 1.807) is 23.1 Å². The van der Waals surface area contributed by atoms with Gasteiger partial charge in [-0.2, -0.15) is 0 Å². The summed E-state index contributed by atoms with van der Waals surface area (Å²) in [5.74, 6) is -0.753. The largest absolute Gasteiger partial charge is 0.352 e. The molecule has 154 valence electrons. The maximum Gasteiger partial charge on any atom is 0.317 e. The van der Waals surface area contributed by atoms with Crippen molar-refractivity contribution in [2.45, 2.75) is 32.7 Å². The Morgan fingerprint density at radius 2 is 1.90 bits per heavy atom. The molecule has 2 aromatic carbocycles. The Morgan fingerprint density at radius 3 is 2.62 bits per heavy atom. The van der Waals surface area contributed by atoms with Gasteiger partial charge in [-0.15, -0.1) is 0 Å². The SMILES string of the molecule is CCNC(=O)N1C[C@@H](C(=O)NCc2ccccc2F)C[C@@H](c2cccc(C)c2)C1. The van der Waals surface area contributed by atoms with Crippen LogP contribution in [0.4, 0.5) is 9.18 Å². The van der Waals surface area contributed by atoms with Gasteiger partial charge in [-0.05, 0) is 31.9 Å². The Balaban J connectivity index is 1.74. The normalized spacial score (nSPS) is 18.9. The van der Waals surface area contributed by atoms with Crippen LogP contribution >= 0.6 is 0 Å². The molecule has 5 nitrogen and oxygen atoms in total. The van der Waals surface area contributed by atoms with Crippen LogP contribution < -0.4 is 10.6 Å². The number of nitrogens with zero attached hydrogens (tertiary/aromatic N) is 1. The quantitative estimate of drug-likeness (QED) is 0.810. The molecule has 1 aliphatic heterocycles. The molecule has 0 aliphatic carbocycles. The van der Waals surface area contributed by atoms with Gasteiger partial charge in [0.25, 0.3) is 0 Å². The molecule has 1 aliphatic rings. The van der Waals surface area contributed by atoms with Crippen LogP contribution in [0.2, 0.25) is 0 Å². The first-order valence-electron chi connectivity index (χ1n) is 10.1. The molecule has 0 aromatic heterocycles. The van der Waals surface area contributed by atoms with Gasteiger partial charge in [0.1, 0.15) is 5.82 Å². The molecule has 29 heavy (non-hydrogen) atoms. The van der Waals surface area contributed by atoms with Crippen LogP contribution in [0.15, 0.2) is 48.5 Å². The fourth-order valence-corrected chi connectivity index (χ4v) is 3.85. The number of nitrogens with one attached hydrogen (secondary N) is 2. The molecular formula is C23H28FN3O2. The van der Waals surface area contributed by atoms with E-state index in [1.807, 2.05) is 32.0 Å². The summed E-state index contributed by atoms with van der Waals surface area (Å²) in [7, 11) is 0. The first-order valence-corrected chi connectivity index (χ1v) is 10.1. The second kappa shape index (κ2) is 9.54. The van der Waals surface area contributed by atoms with Crippen molar-refractivity contribution in [3.05, 3.63) is 71.0 Å². The number of carbonyl (C=O) groups excluding carboxylic acids is 2. The lowest BCUT2D eigenvalue weighted by Crippen LogP contribution is -2.51. The van der Waals surface area contributed by atoms with E-state index in [2.05, 4.69) is 16.7 Å². The summed E-state index contributed by atoms with van der Waals surface area (Å²) in [5, 5.41) is 5.68. The summed E-state index contributed by atoms with van der Waals surface area (Å²) >= 11 is 0. The van der Waals surface area contributed by atoms with Crippen molar-refractivity contribution in [1.82, 2.24) is 15.5 Å². The van der Waals surface area contributed by atoms with Crippen LogP contribution in [0.3, 0.4) is 0 Å². The highest BCUT2D eigenvalue weighted by Gasteiger charge is 2.34. The zero-order valence-electron chi connectivity index (χ0n) is 17.0. The third kappa shape index (κ3) is 5.34. The molecule has 3 rings (SSSR count). The van der Waals surface area contributed by atoms with Crippen molar-refractivity contribution in [1.29, 1.82) is 0 Å². The minimum atomic E-state index is -0.344. The Morgan fingerprint density at radius 1 is 1.10 bits per heavy atom. The Hall–Kier alpha value is -2.89. The fraction of sp³-hybridized carbons (Fsp3) is 0.391. The van der Waals surface area contributed by atoms with Crippen molar-refractivity contribution in [3.8, 4) is 0 Å². The highest BCUT2D eigenvalue weighted by atomic mass is 19.1.